The van der Waals surface area contributed by atoms with Gasteiger partial charge in [0.2, 0.25) is 5.91 Å². The number of hydrogen-bond acceptors (Lipinski definition) is 6. The molecule has 0 radical (unpaired) electrons. The van der Waals surface area contributed by atoms with E-state index >= 15 is 0 Å². The van der Waals surface area contributed by atoms with Gasteiger partial charge < -0.3 is 14.9 Å². The number of carbonyl (C=O) groups is 1. The molecule has 120 valence electrons. The Morgan fingerprint density at radius 3 is 2.83 bits per heavy atom. The lowest BCUT2D eigenvalue weighted by atomic mass is 9.92. The van der Waals surface area contributed by atoms with Crippen LogP contribution in [-0.2, 0) is 10.3 Å². The molecule has 0 saturated heterocycles. The van der Waals surface area contributed by atoms with E-state index in [1.54, 1.807) is 32.8 Å². The summed E-state index contributed by atoms with van der Waals surface area (Å²) in [6, 6.07) is 3.72. The lowest BCUT2D eigenvalue weighted by Crippen LogP contribution is -2.47. The highest BCUT2D eigenvalue weighted by Crippen LogP contribution is 2.36. The molecule has 1 atom stereocenters. The molecule has 0 aromatic carbocycles. The fourth-order valence-electron chi connectivity index (χ4n) is 2.51. The summed E-state index contributed by atoms with van der Waals surface area (Å²) in [5.74, 6) is 1.33. The fourth-order valence-corrected chi connectivity index (χ4v) is 2.51. The molecule has 7 heteroatoms. The molecular weight excluding hydrogens is 296 g/mol. The lowest BCUT2D eigenvalue weighted by Gasteiger charge is -2.31. The van der Waals surface area contributed by atoms with Crippen molar-refractivity contribution in [2.24, 2.45) is 10.7 Å². The fraction of sp³-hybridized carbons (Fsp3) is 0.312. The largest absolute Gasteiger partial charge is 0.495 e. The van der Waals surface area contributed by atoms with E-state index in [1.165, 1.54) is 4.90 Å². The molecule has 3 rings (SSSR count). The molecule has 1 amide bonds. The van der Waals surface area contributed by atoms with Crippen LogP contribution in [0.1, 0.15) is 19.1 Å². The molecule has 1 aliphatic rings. The maximum absolute atomic E-state index is 12.1. The first kappa shape index (κ1) is 15.1. The van der Waals surface area contributed by atoms with Crippen LogP contribution in [0.4, 0.5) is 0 Å². The number of rotatable bonds is 3. The highest BCUT2D eigenvalue weighted by molar-refractivity contribution is 5.98. The third-order valence-electron chi connectivity index (χ3n) is 3.99. The number of furan rings is 1. The molecule has 1 aliphatic heterocycles. The molecule has 3 heterocycles. The predicted octanol–water partition coefficient (Wildman–Crippen LogP) is 1.74. The first-order valence-electron chi connectivity index (χ1n) is 7.13. The monoisotopic (exact) mass is 314 g/mol. The Kier molecular flexibility index (Phi) is 3.55. The molecule has 0 fully saturated rings. The summed E-state index contributed by atoms with van der Waals surface area (Å²) in [6.45, 7) is 1.83. The Balaban J connectivity index is 1.97. The van der Waals surface area contributed by atoms with Crippen LogP contribution in [0.2, 0.25) is 0 Å². The van der Waals surface area contributed by atoms with Crippen LogP contribution in [0.5, 0.6) is 5.75 Å². The summed E-state index contributed by atoms with van der Waals surface area (Å²) in [7, 11) is 3.19. The van der Waals surface area contributed by atoms with E-state index < -0.39 is 5.54 Å². The van der Waals surface area contributed by atoms with Crippen molar-refractivity contribution < 1.29 is 13.9 Å². The van der Waals surface area contributed by atoms with E-state index in [2.05, 4.69) is 9.98 Å². The summed E-state index contributed by atoms with van der Waals surface area (Å²) in [5, 5.41) is 0. The number of pyridine rings is 1. The number of aromatic nitrogens is 1. The van der Waals surface area contributed by atoms with Crippen molar-refractivity contribution in [1.29, 1.82) is 0 Å². The summed E-state index contributed by atoms with van der Waals surface area (Å²) >= 11 is 0. The Hall–Kier alpha value is -2.83. The SMILES string of the molecule is COc1cncc(-c2coc([C@]3(C)CC(=O)N(C)C(N)=N3)c2)c1. The molecule has 0 unspecified atom stereocenters. The summed E-state index contributed by atoms with van der Waals surface area (Å²) < 4.78 is 10.8. The Labute approximate surface area is 133 Å². The number of nitrogens with two attached hydrogens (primary N) is 1. The summed E-state index contributed by atoms with van der Waals surface area (Å²) in [6.07, 6.45) is 5.17. The van der Waals surface area contributed by atoms with Crippen molar-refractivity contribution in [3.05, 3.63) is 36.5 Å². The normalized spacial score (nSPS) is 21.3. The smallest absolute Gasteiger partial charge is 0.231 e. The molecule has 2 N–H and O–H groups in total. The number of nitrogens with zero attached hydrogens (tertiary/aromatic N) is 3. The number of aliphatic imine (C=N–C) groups is 1. The third kappa shape index (κ3) is 2.65. The average molecular weight is 314 g/mol. The standard InChI is InChI=1S/C16H18N4O3/c1-16(6-14(21)20(2)15(17)19-16)13-5-11(9-23-13)10-4-12(22-3)8-18-7-10/h4-5,7-9H,6H2,1-3H3,(H2,17,19)/t16-/m0/s1. The van der Waals surface area contributed by atoms with E-state index in [9.17, 15) is 4.79 Å². The second-order valence-corrected chi connectivity index (χ2v) is 5.69. The van der Waals surface area contributed by atoms with Gasteiger partial charge in [0.15, 0.2) is 5.96 Å². The number of amides is 1. The molecule has 2 aromatic rings. The van der Waals surface area contributed by atoms with Gasteiger partial charge in [-0.25, -0.2) is 4.99 Å². The van der Waals surface area contributed by atoms with Gasteiger partial charge >= 0.3 is 0 Å². The molecule has 0 bridgehead atoms. The van der Waals surface area contributed by atoms with Crippen LogP contribution in [0.15, 0.2) is 40.2 Å². The number of ether oxygens (including phenoxy) is 1. The number of methoxy groups -OCH3 is 1. The zero-order chi connectivity index (χ0) is 16.6. The van der Waals surface area contributed by atoms with Gasteiger partial charge in [-0.1, -0.05) is 0 Å². The first-order valence-corrected chi connectivity index (χ1v) is 7.13. The highest BCUT2D eigenvalue weighted by Gasteiger charge is 2.38. The van der Waals surface area contributed by atoms with Gasteiger partial charge in [0.1, 0.15) is 17.0 Å². The molecule has 0 spiro atoms. The van der Waals surface area contributed by atoms with Gasteiger partial charge in [0, 0.05) is 24.4 Å². The lowest BCUT2D eigenvalue weighted by molar-refractivity contribution is -0.128. The predicted molar refractivity (Wildman–Crippen MR) is 84.9 cm³/mol. The van der Waals surface area contributed by atoms with Gasteiger partial charge in [-0.2, -0.15) is 0 Å². The summed E-state index contributed by atoms with van der Waals surface area (Å²) in [4.78, 5) is 21.9. The molecule has 0 saturated carbocycles. The van der Waals surface area contributed by atoms with Crippen LogP contribution in [0.25, 0.3) is 11.1 Å². The van der Waals surface area contributed by atoms with Crippen LogP contribution < -0.4 is 10.5 Å². The summed E-state index contributed by atoms with van der Waals surface area (Å²) in [5.41, 5.74) is 6.72. The minimum atomic E-state index is -0.807. The second-order valence-electron chi connectivity index (χ2n) is 5.69. The van der Waals surface area contributed by atoms with Gasteiger partial charge in [-0.3, -0.25) is 14.7 Å². The zero-order valence-corrected chi connectivity index (χ0v) is 13.2. The van der Waals surface area contributed by atoms with E-state index in [1.807, 2.05) is 19.1 Å². The van der Waals surface area contributed by atoms with Crippen LogP contribution >= 0.6 is 0 Å². The van der Waals surface area contributed by atoms with Crippen molar-refractivity contribution in [1.82, 2.24) is 9.88 Å². The number of hydrogen-bond donors (Lipinski definition) is 1. The van der Waals surface area contributed by atoms with Crippen LogP contribution in [0, 0.1) is 0 Å². The zero-order valence-electron chi connectivity index (χ0n) is 13.2. The quantitative estimate of drug-likeness (QED) is 0.931. The van der Waals surface area contributed by atoms with E-state index in [-0.39, 0.29) is 18.3 Å². The molecule has 7 nitrogen and oxygen atoms in total. The van der Waals surface area contributed by atoms with Gasteiger partial charge in [-0.05, 0) is 19.1 Å². The van der Waals surface area contributed by atoms with Gasteiger partial charge in [0.05, 0.1) is 26.0 Å². The second kappa shape index (κ2) is 5.42. The minimum absolute atomic E-state index is 0.0963. The van der Waals surface area contributed by atoms with Crippen molar-refractivity contribution in [3.8, 4) is 16.9 Å². The average Bonchev–Trinajstić information content (AvgIpc) is 3.03. The van der Waals surface area contributed by atoms with Crippen molar-refractivity contribution in [2.75, 3.05) is 14.2 Å². The van der Waals surface area contributed by atoms with Crippen LogP contribution in [0.3, 0.4) is 0 Å². The topological polar surface area (TPSA) is 94.0 Å². The first-order chi connectivity index (χ1) is 10.9. The molecule has 0 aliphatic carbocycles. The van der Waals surface area contributed by atoms with E-state index in [0.717, 1.165) is 11.1 Å². The number of carbonyl (C=O) groups excluding carboxylic acids is 1. The minimum Gasteiger partial charge on any atom is -0.495 e. The Bertz CT molecular complexity index is 783. The maximum Gasteiger partial charge on any atom is 0.231 e. The molecule has 2 aromatic heterocycles. The van der Waals surface area contributed by atoms with Gasteiger partial charge in [0.25, 0.3) is 0 Å². The highest BCUT2D eigenvalue weighted by atomic mass is 16.5. The van der Waals surface area contributed by atoms with Crippen molar-refractivity contribution >= 4 is 11.9 Å². The Morgan fingerprint density at radius 1 is 1.35 bits per heavy atom. The molecular formula is C16H18N4O3. The van der Waals surface area contributed by atoms with E-state index in [4.69, 9.17) is 14.9 Å². The third-order valence-corrected chi connectivity index (χ3v) is 3.99. The van der Waals surface area contributed by atoms with Crippen molar-refractivity contribution in [3.63, 3.8) is 0 Å². The van der Waals surface area contributed by atoms with E-state index in [0.29, 0.717) is 11.5 Å². The Morgan fingerprint density at radius 2 is 2.13 bits per heavy atom. The molecule has 23 heavy (non-hydrogen) atoms. The van der Waals surface area contributed by atoms with Crippen molar-refractivity contribution in [2.45, 2.75) is 18.9 Å². The van der Waals surface area contributed by atoms with Crippen LogP contribution in [-0.4, -0.2) is 35.9 Å². The maximum atomic E-state index is 12.1. The van der Waals surface area contributed by atoms with Gasteiger partial charge in [-0.15, -0.1) is 0 Å². The number of guanidine groups is 1.